The van der Waals surface area contributed by atoms with Crippen LogP contribution in [-0.4, -0.2) is 43.3 Å². The lowest BCUT2D eigenvalue weighted by Gasteiger charge is -2.13. The van der Waals surface area contributed by atoms with E-state index in [2.05, 4.69) is 5.32 Å². The van der Waals surface area contributed by atoms with Crippen molar-refractivity contribution in [1.29, 1.82) is 0 Å². The highest BCUT2D eigenvalue weighted by atomic mass is 32.2. The molecule has 0 heterocycles. The zero-order chi connectivity index (χ0) is 20.4. The summed E-state index contributed by atoms with van der Waals surface area (Å²) < 4.78 is 10.8. The van der Waals surface area contributed by atoms with E-state index < -0.39 is 0 Å². The summed E-state index contributed by atoms with van der Waals surface area (Å²) >= 11 is 1.39. The number of methoxy groups -OCH3 is 1. The third-order valence-corrected chi connectivity index (χ3v) is 5.10. The van der Waals surface area contributed by atoms with Gasteiger partial charge >= 0.3 is 0 Å². The van der Waals surface area contributed by atoms with Crippen molar-refractivity contribution in [2.45, 2.75) is 18.1 Å². The number of allylic oxidation sites excluding steroid dienone is 5. The van der Waals surface area contributed by atoms with Gasteiger partial charge in [0.15, 0.2) is 6.61 Å². The van der Waals surface area contributed by atoms with Gasteiger partial charge in [-0.05, 0) is 43.4 Å². The van der Waals surface area contributed by atoms with Crippen molar-refractivity contribution in [3.63, 3.8) is 0 Å². The molecular weight excluding hydrogens is 378 g/mol. The summed E-state index contributed by atoms with van der Waals surface area (Å²) in [5.74, 6) is 0.601. The van der Waals surface area contributed by atoms with E-state index in [0.717, 1.165) is 5.57 Å². The molecule has 1 atom stereocenters. The molecule has 0 radical (unpaired) electrons. The quantitative estimate of drug-likeness (QED) is 0.479. The van der Waals surface area contributed by atoms with E-state index in [1.807, 2.05) is 18.4 Å². The summed E-state index contributed by atoms with van der Waals surface area (Å²) in [5, 5.41) is 1.85. The van der Waals surface area contributed by atoms with Gasteiger partial charge in [-0.3, -0.25) is 19.7 Å². The molecule has 6 nitrogen and oxygen atoms in total. The number of carbonyl (C=O) groups excluding carboxylic acids is 3. The number of ether oxygens (including phenoxy) is 2. The highest BCUT2D eigenvalue weighted by molar-refractivity contribution is 7.99. The Hall–Kier alpha value is -2.80. The van der Waals surface area contributed by atoms with Gasteiger partial charge in [0.2, 0.25) is 18.1 Å². The second-order valence-electron chi connectivity index (χ2n) is 5.97. The second kappa shape index (κ2) is 11.1. The summed E-state index contributed by atoms with van der Waals surface area (Å²) in [4.78, 5) is 34.7. The molecule has 28 heavy (non-hydrogen) atoms. The Balaban J connectivity index is 1.99. The van der Waals surface area contributed by atoms with Gasteiger partial charge in [-0.2, -0.15) is 11.8 Å². The third kappa shape index (κ3) is 6.13. The summed E-state index contributed by atoms with van der Waals surface area (Å²) in [6.45, 7) is -0.102. The lowest BCUT2D eigenvalue weighted by molar-refractivity contribution is -0.124. The Labute approximate surface area is 168 Å². The van der Waals surface area contributed by atoms with Crippen molar-refractivity contribution in [2.24, 2.45) is 0 Å². The van der Waals surface area contributed by atoms with Gasteiger partial charge in [-0.15, -0.1) is 0 Å². The first-order valence-electron chi connectivity index (χ1n) is 8.71. The van der Waals surface area contributed by atoms with Crippen LogP contribution in [0.3, 0.4) is 0 Å². The van der Waals surface area contributed by atoms with Crippen LogP contribution in [0.1, 0.15) is 23.2 Å². The molecule has 0 spiro atoms. The number of rotatable bonds is 10. The van der Waals surface area contributed by atoms with Crippen LogP contribution in [0.25, 0.3) is 0 Å². The van der Waals surface area contributed by atoms with Crippen molar-refractivity contribution < 1.29 is 23.9 Å². The van der Waals surface area contributed by atoms with Crippen molar-refractivity contribution in [2.75, 3.05) is 20.0 Å². The standard InChI is InChI=1S/C21H23NO5S/c1-26-19-9-4-3-8-17(19)18(24)13-27-16-7-5-6-15(10-11-16)12-20(28-2)21(25)22-14-23/h3-5,7-11,14,20H,6,12-13H2,1-2H3,(H,22,23,25). The second-order valence-corrected chi connectivity index (χ2v) is 7.01. The maximum absolute atomic E-state index is 12.4. The Morgan fingerprint density at radius 3 is 2.79 bits per heavy atom. The zero-order valence-electron chi connectivity index (χ0n) is 15.8. The minimum absolute atomic E-state index is 0.102. The summed E-state index contributed by atoms with van der Waals surface area (Å²) in [6, 6.07) is 7.01. The molecule has 7 heteroatoms. The SMILES string of the molecule is COc1ccccc1C(=O)COC1=CC=C(CC(SC)C(=O)NC=O)CC=C1. The number of hydrogen-bond acceptors (Lipinski definition) is 6. The Morgan fingerprint density at radius 2 is 2.07 bits per heavy atom. The minimum atomic E-state index is -0.340. The molecule has 0 bridgehead atoms. The summed E-state index contributed by atoms with van der Waals surface area (Å²) in [6.07, 6.45) is 10.8. The topological polar surface area (TPSA) is 81.7 Å². The van der Waals surface area contributed by atoms with Crippen molar-refractivity contribution in [3.05, 3.63) is 65.5 Å². The molecule has 0 saturated carbocycles. The van der Waals surface area contributed by atoms with E-state index in [1.165, 1.54) is 18.9 Å². The fourth-order valence-electron chi connectivity index (χ4n) is 2.67. The number of nitrogens with one attached hydrogen (secondary N) is 1. The molecule has 148 valence electrons. The lowest BCUT2D eigenvalue weighted by Crippen LogP contribution is -2.31. The fraction of sp³-hybridized carbons (Fsp3) is 0.286. The number of ketones is 1. The molecule has 0 saturated heterocycles. The van der Waals surface area contributed by atoms with E-state index in [0.29, 0.717) is 36.3 Å². The average Bonchev–Trinajstić information content (AvgIpc) is 2.95. The van der Waals surface area contributed by atoms with Crippen LogP contribution in [0.4, 0.5) is 0 Å². The summed E-state index contributed by atoms with van der Waals surface area (Å²) in [7, 11) is 1.52. The molecule has 1 aliphatic rings. The van der Waals surface area contributed by atoms with Gasteiger partial charge in [0.1, 0.15) is 11.5 Å². The van der Waals surface area contributed by atoms with E-state index >= 15 is 0 Å². The van der Waals surface area contributed by atoms with Crippen LogP contribution in [0, 0.1) is 0 Å². The lowest BCUT2D eigenvalue weighted by atomic mass is 10.1. The normalized spacial score (nSPS) is 14.2. The first-order chi connectivity index (χ1) is 13.6. The van der Waals surface area contributed by atoms with Gasteiger partial charge in [-0.1, -0.05) is 29.9 Å². The van der Waals surface area contributed by atoms with Crippen LogP contribution < -0.4 is 10.1 Å². The van der Waals surface area contributed by atoms with Crippen molar-refractivity contribution in [1.82, 2.24) is 5.32 Å². The maximum atomic E-state index is 12.4. The van der Waals surface area contributed by atoms with E-state index in [-0.39, 0.29) is 23.5 Å². The molecule has 2 rings (SSSR count). The summed E-state index contributed by atoms with van der Waals surface area (Å²) in [5.41, 5.74) is 1.51. The third-order valence-electron chi connectivity index (χ3n) is 4.15. The van der Waals surface area contributed by atoms with Gasteiger partial charge < -0.3 is 9.47 Å². The minimum Gasteiger partial charge on any atom is -0.496 e. The van der Waals surface area contributed by atoms with E-state index in [9.17, 15) is 14.4 Å². The molecule has 1 aliphatic carbocycles. The molecule has 1 aromatic carbocycles. The maximum Gasteiger partial charge on any atom is 0.239 e. The van der Waals surface area contributed by atoms with Crippen LogP contribution in [-0.2, 0) is 14.3 Å². The molecule has 0 aromatic heterocycles. The smallest absolute Gasteiger partial charge is 0.239 e. The predicted octanol–water partition coefficient (Wildman–Crippen LogP) is 3.06. The van der Waals surface area contributed by atoms with Crippen LogP contribution in [0.5, 0.6) is 5.75 Å². The number of imide groups is 1. The van der Waals surface area contributed by atoms with Gasteiger partial charge in [0.05, 0.1) is 17.9 Å². The number of hydrogen-bond donors (Lipinski definition) is 1. The molecular formula is C21H23NO5S. The number of Topliss-reactive ketones (excluding diaryl/α,β-unsaturated/α-hetero) is 1. The average molecular weight is 401 g/mol. The van der Waals surface area contributed by atoms with Gasteiger partial charge in [-0.25, -0.2) is 0 Å². The fourth-order valence-corrected chi connectivity index (χ4v) is 3.33. The monoisotopic (exact) mass is 401 g/mol. The first-order valence-corrected chi connectivity index (χ1v) is 10.00. The van der Waals surface area contributed by atoms with Crippen molar-refractivity contribution in [3.8, 4) is 5.75 Å². The molecule has 1 unspecified atom stereocenters. The molecule has 1 aromatic rings. The molecule has 0 fully saturated rings. The van der Waals surface area contributed by atoms with Gasteiger partial charge in [0.25, 0.3) is 0 Å². The van der Waals surface area contributed by atoms with Crippen molar-refractivity contribution >= 4 is 29.9 Å². The van der Waals surface area contributed by atoms with Crippen LogP contribution in [0.2, 0.25) is 0 Å². The largest absolute Gasteiger partial charge is 0.496 e. The number of amides is 2. The zero-order valence-corrected chi connectivity index (χ0v) is 16.7. The molecule has 1 N–H and O–H groups in total. The molecule has 2 amide bonds. The first kappa shape index (κ1) is 21.5. The van der Waals surface area contributed by atoms with Crippen LogP contribution >= 0.6 is 11.8 Å². The van der Waals surface area contributed by atoms with Crippen LogP contribution in [0.15, 0.2) is 59.9 Å². The van der Waals surface area contributed by atoms with E-state index in [1.54, 1.807) is 36.4 Å². The highest BCUT2D eigenvalue weighted by Gasteiger charge is 2.18. The van der Waals surface area contributed by atoms with E-state index in [4.69, 9.17) is 9.47 Å². The number of thioether (sulfide) groups is 1. The van der Waals surface area contributed by atoms with Gasteiger partial charge in [0, 0.05) is 0 Å². The molecule has 0 aliphatic heterocycles. The highest BCUT2D eigenvalue weighted by Crippen LogP contribution is 2.23. The number of para-hydroxylation sites is 1. The Morgan fingerprint density at radius 1 is 1.29 bits per heavy atom. The number of benzene rings is 1. The predicted molar refractivity (Wildman–Crippen MR) is 109 cm³/mol. The number of carbonyl (C=O) groups is 3. The Kier molecular flexibility index (Phi) is 8.55. The Bertz CT molecular complexity index is 813.